The molecule has 0 spiro atoms. The van der Waals surface area contributed by atoms with Crippen molar-refractivity contribution >= 4 is 8.25 Å². The summed E-state index contributed by atoms with van der Waals surface area (Å²) in [6.45, 7) is 9.80. The van der Waals surface area contributed by atoms with Crippen LogP contribution in [0.3, 0.4) is 0 Å². The van der Waals surface area contributed by atoms with Gasteiger partial charge in [-0.2, -0.15) is 0 Å². The highest BCUT2D eigenvalue weighted by Crippen LogP contribution is 2.32. The SMILES string of the molecule is CCCCC(CC)CC(CCCCCCCO[P+](=O)O)CC(CC)CCCC. The molecule has 0 aliphatic carbocycles. The smallest absolute Gasteiger partial charge is 0.133 e. The maximum absolute atomic E-state index is 10.5. The third-order valence-electron chi connectivity index (χ3n) is 6.38. The molecular formula is C24H50O3P+. The first kappa shape index (κ1) is 28.0. The summed E-state index contributed by atoms with van der Waals surface area (Å²) < 4.78 is 15.2. The molecule has 0 fully saturated rings. The van der Waals surface area contributed by atoms with Crippen LogP contribution in [0.25, 0.3) is 0 Å². The van der Waals surface area contributed by atoms with Gasteiger partial charge >= 0.3 is 8.25 Å². The molecule has 3 unspecified atom stereocenters. The lowest BCUT2D eigenvalue weighted by molar-refractivity contribution is 0.253. The summed E-state index contributed by atoms with van der Waals surface area (Å²) in [5.74, 6) is 2.75. The Morgan fingerprint density at radius 3 is 1.61 bits per heavy atom. The average Bonchev–Trinajstić information content (AvgIpc) is 2.69. The van der Waals surface area contributed by atoms with Crippen LogP contribution < -0.4 is 0 Å². The van der Waals surface area contributed by atoms with E-state index in [0.717, 1.165) is 30.6 Å². The summed E-state index contributed by atoms with van der Waals surface area (Å²) >= 11 is 0. The minimum Gasteiger partial charge on any atom is -0.133 e. The second-order valence-corrected chi connectivity index (χ2v) is 9.53. The molecular weight excluding hydrogens is 367 g/mol. The van der Waals surface area contributed by atoms with Crippen LogP contribution in [0.2, 0.25) is 0 Å². The predicted octanol–water partition coefficient (Wildman–Crippen LogP) is 8.82. The second kappa shape index (κ2) is 20.3. The second-order valence-electron chi connectivity index (χ2n) is 8.80. The quantitative estimate of drug-likeness (QED) is 0.150. The highest BCUT2D eigenvalue weighted by Gasteiger charge is 2.19. The number of hydrogen-bond donors (Lipinski definition) is 1. The Balaban J connectivity index is 4.32. The normalized spacial score (nSPS) is 15.4. The Kier molecular flexibility index (Phi) is 20.3. The van der Waals surface area contributed by atoms with Gasteiger partial charge < -0.3 is 0 Å². The van der Waals surface area contributed by atoms with Gasteiger partial charge in [-0.15, -0.1) is 9.42 Å². The van der Waals surface area contributed by atoms with Gasteiger partial charge in [0.15, 0.2) is 0 Å². The van der Waals surface area contributed by atoms with Gasteiger partial charge in [-0.3, -0.25) is 0 Å². The van der Waals surface area contributed by atoms with Crippen molar-refractivity contribution in [3.8, 4) is 0 Å². The van der Waals surface area contributed by atoms with Crippen molar-refractivity contribution in [2.24, 2.45) is 17.8 Å². The van der Waals surface area contributed by atoms with E-state index >= 15 is 0 Å². The van der Waals surface area contributed by atoms with E-state index in [0.29, 0.717) is 6.61 Å². The largest absolute Gasteiger partial charge is 0.694 e. The third-order valence-corrected chi connectivity index (χ3v) is 6.78. The Labute approximate surface area is 177 Å². The van der Waals surface area contributed by atoms with Crippen LogP contribution >= 0.6 is 8.25 Å². The maximum atomic E-state index is 10.5. The van der Waals surface area contributed by atoms with Crippen molar-refractivity contribution in [2.45, 2.75) is 130 Å². The zero-order chi connectivity index (χ0) is 21.0. The molecule has 0 heterocycles. The lowest BCUT2D eigenvalue weighted by atomic mass is 9.79. The minimum atomic E-state index is -2.42. The monoisotopic (exact) mass is 417 g/mol. The Morgan fingerprint density at radius 1 is 0.679 bits per heavy atom. The van der Waals surface area contributed by atoms with Crippen molar-refractivity contribution in [3.63, 3.8) is 0 Å². The van der Waals surface area contributed by atoms with Crippen LogP contribution in [0, 0.1) is 17.8 Å². The lowest BCUT2D eigenvalue weighted by Crippen LogP contribution is -2.14. The van der Waals surface area contributed by atoms with E-state index in [2.05, 4.69) is 27.7 Å². The summed E-state index contributed by atoms with van der Waals surface area (Å²) in [7, 11) is -2.42. The van der Waals surface area contributed by atoms with E-state index in [1.54, 1.807) is 0 Å². The van der Waals surface area contributed by atoms with Gasteiger partial charge in [-0.05, 0) is 37.0 Å². The molecule has 28 heavy (non-hydrogen) atoms. The topological polar surface area (TPSA) is 46.5 Å². The summed E-state index contributed by atoms with van der Waals surface area (Å²) in [5, 5.41) is 0. The van der Waals surface area contributed by atoms with E-state index in [-0.39, 0.29) is 0 Å². The van der Waals surface area contributed by atoms with Crippen LogP contribution in [0.15, 0.2) is 0 Å². The molecule has 3 nitrogen and oxygen atoms in total. The highest BCUT2D eigenvalue weighted by molar-refractivity contribution is 7.32. The van der Waals surface area contributed by atoms with Gasteiger partial charge in [0, 0.05) is 4.57 Å². The standard InChI is InChI=1S/C24H49O3P/c1-5-9-16-22(7-3)20-24(21-23(8-4)17-10-6-2)18-14-12-11-13-15-19-27-28(25)26/h22-24H,5-21H2,1-4H3/p+1. The predicted molar refractivity (Wildman–Crippen MR) is 123 cm³/mol. The summed E-state index contributed by atoms with van der Waals surface area (Å²) in [5.41, 5.74) is 0. The van der Waals surface area contributed by atoms with Gasteiger partial charge in [0.05, 0.1) is 0 Å². The Hall–Kier alpha value is 0.0200. The molecule has 0 saturated carbocycles. The van der Waals surface area contributed by atoms with Crippen molar-refractivity contribution in [2.75, 3.05) is 6.61 Å². The van der Waals surface area contributed by atoms with E-state index in [4.69, 9.17) is 9.42 Å². The van der Waals surface area contributed by atoms with Crippen molar-refractivity contribution in [1.29, 1.82) is 0 Å². The molecule has 0 aliphatic rings. The first-order valence-corrected chi connectivity index (χ1v) is 13.5. The summed E-state index contributed by atoms with van der Waals surface area (Å²) in [4.78, 5) is 8.63. The van der Waals surface area contributed by atoms with E-state index < -0.39 is 8.25 Å². The summed E-state index contributed by atoms with van der Waals surface area (Å²) in [6, 6.07) is 0. The molecule has 4 heteroatoms. The fourth-order valence-electron chi connectivity index (χ4n) is 4.45. The summed E-state index contributed by atoms with van der Waals surface area (Å²) in [6.07, 6.45) is 21.1. The van der Waals surface area contributed by atoms with E-state index in [1.165, 1.54) is 89.9 Å². The molecule has 0 bridgehead atoms. The number of unbranched alkanes of at least 4 members (excludes halogenated alkanes) is 6. The van der Waals surface area contributed by atoms with Gasteiger partial charge in [-0.25, -0.2) is 0 Å². The zero-order valence-electron chi connectivity index (χ0n) is 19.5. The molecule has 0 saturated heterocycles. The highest BCUT2D eigenvalue weighted by atomic mass is 31.1. The fraction of sp³-hybridized carbons (Fsp3) is 1.00. The first-order valence-electron chi connectivity index (χ1n) is 12.4. The van der Waals surface area contributed by atoms with Gasteiger partial charge in [-0.1, -0.05) is 111 Å². The molecule has 3 atom stereocenters. The van der Waals surface area contributed by atoms with Crippen molar-refractivity contribution < 1.29 is 14.0 Å². The zero-order valence-corrected chi connectivity index (χ0v) is 20.4. The Morgan fingerprint density at radius 2 is 1.14 bits per heavy atom. The van der Waals surface area contributed by atoms with Crippen LogP contribution in [-0.4, -0.2) is 11.5 Å². The molecule has 0 radical (unpaired) electrons. The first-order chi connectivity index (χ1) is 13.6. The van der Waals surface area contributed by atoms with Gasteiger partial charge in [0.1, 0.15) is 6.61 Å². The molecule has 168 valence electrons. The fourth-order valence-corrected chi connectivity index (χ4v) is 4.73. The van der Waals surface area contributed by atoms with Crippen molar-refractivity contribution in [1.82, 2.24) is 0 Å². The number of hydrogen-bond acceptors (Lipinski definition) is 2. The van der Waals surface area contributed by atoms with Crippen molar-refractivity contribution in [3.05, 3.63) is 0 Å². The molecule has 0 rings (SSSR count). The maximum Gasteiger partial charge on any atom is 0.694 e. The molecule has 0 aromatic carbocycles. The third kappa shape index (κ3) is 16.9. The molecule has 0 amide bonds. The van der Waals surface area contributed by atoms with Crippen LogP contribution in [-0.2, 0) is 9.09 Å². The molecule has 0 aromatic rings. The number of rotatable bonds is 21. The molecule has 0 aliphatic heterocycles. The lowest BCUT2D eigenvalue weighted by Gasteiger charge is -2.27. The van der Waals surface area contributed by atoms with Gasteiger partial charge in [0.2, 0.25) is 0 Å². The van der Waals surface area contributed by atoms with E-state index in [9.17, 15) is 4.57 Å². The van der Waals surface area contributed by atoms with Crippen LogP contribution in [0.5, 0.6) is 0 Å². The van der Waals surface area contributed by atoms with E-state index in [1.807, 2.05) is 0 Å². The van der Waals surface area contributed by atoms with Gasteiger partial charge in [0.25, 0.3) is 0 Å². The molecule has 0 aromatic heterocycles. The Bertz CT molecular complexity index is 331. The van der Waals surface area contributed by atoms with Crippen LogP contribution in [0.1, 0.15) is 130 Å². The molecule has 1 N–H and O–H groups in total. The average molecular weight is 418 g/mol. The van der Waals surface area contributed by atoms with Crippen LogP contribution in [0.4, 0.5) is 0 Å². The minimum absolute atomic E-state index is 0.416.